The second-order valence-electron chi connectivity index (χ2n) is 6.62. The summed E-state index contributed by atoms with van der Waals surface area (Å²) in [7, 11) is 0. The average Bonchev–Trinajstić information content (AvgIpc) is 2.97. The number of fused-ring (bicyclic) bond motifs is 1. The lowest BCUT2D eigenvalue weighted by Crippen LogP contribution is -2.45. The van der Waals surface area contributed by atoms with Crippen LogP contribution in [0.4, 0.5) is 0 Å². The Labute approximate surface area is 152 Å². The minimum Gasteiger partial charge on any atom is -0.368 e. The van der Waals surface area contributed by atoms with E-state index >= 15 is 0 Å². The largest absolute Gasteiger partial charge is 0.368 e. The van der Waals surface area contributed by atoms with Gasteiger partial charge >= 0.3 is 0 Å². The number of pyridine rings is 1. The summed E-state index contributed by atoms with van der Waals surface area (Å²) in [6.07, 6.45) is 4.10. The molecule has 0 aliphatic heterocycles. The number of nitrogens with two attached hydrogens (primary N) is 1. The van der Waals surface area contributed by atoms with E-state index in [-0.39, 0.29) is 11.6 Å². The summed E-state index contributed by atoms with van der Waals surface area (Å²) in [6, 6.07) is 4.88. The van der Waals surface area contributed by atoms with Gasteiger partial charge in [0.25, 0.3) is 5.91 Å². The highest BCUT2D eigenvalue weighted by Gasteiger charge is 2.24. The van der Waals surface area contributed by atoms with Crippen molar-refractivity contribution in [2.24, 2.45) is 11.7 Å². The number of aromatic nitrogens is 3. The van der Waals surface area contributed by atoms with E-state index in [1.807, 2.05) is 13.8 Å². The van der Waals surface area contributed by atoms with Crippen LogP contribution in [0.5, 0.6) is 0 Å². The van der Waals surface area contributed by atoms with Crippen molar-refractivity contribution in [1.29, 1.82) is 5.26 Å². The number of aryl methyl sites for hydroxylation is 1. The summed E-state index contributed by atoms with van der Waals surface area (Å²) in [6.45, 7) is 4.47. The number of carbonyl (C=O) groups is 2. The molecule has 1 unspecified atom stereocenters. The second-order valence-corrected chi connectivity index (χ2v) is 6.62. The molecule has 138 valence electrons. The zero-order valence-corrected chi connectivity index (χ0v) is 15.1. The van der Waals surface area contributed by atoms with Crippen LogP contribution in [-0.4, -0.2) is 32.6 Å². The van der Waals surface area contributed by atoms with Gasteiger partial charge in [-0.15, -0.1) is 0 Å². The van der Waals surface area contributed by atoms with Crippen molar-refractivity contribution in [1.82, 2.24) is 20.1 Å². The highest BCUT2D eigenvalue weighted by atomic mass is 16.2. The van der Waals surface area contributed by atoms with Crippen molar-refractivity contribution in [3.05, 3.63) is 24.0 Å². The highest BCUT2D eigenvalue weighted by molar-refractivity contribution is 6.05. The molecule has 1 atom stereocenters. The van der Waals surface area contributed by atoms with Gasteiger partial charge in [-0.05, 0) is 37.3 Å². The molecule has 2 heterocycles. The van der Waals surface area contributed by atoms with Gasteiger partial charge in [-0.3, -0.25) is 9.59 Å². The second kappa shape index (κ2) is 8.94. The van der Waals surface area contributed by atoms with Crippen LogP contribution < -0.4 is 11.1 Å². The maximum atomic E-state index is 12.7. The lowest BCUT2D eigenvalue weighted by Gasteiger charge is -2.16. The number of unbranched alkanes of at least 4 members (excludes halogenated alkanes) is 2. The maximum absolute atomic E-state index is 12.7. The lowest BCUT2D eigenvalue weighted by atomic mass is 10.0. The number of carbonyl (C=O) groups excluding carboxylic acids is 2. The zero-order chi connectivity index (χ0) is 19.1. The number of nitriles is 1. The summed E-state index contributed by atoms with van der Waals surface area (Å²) >= 11 is 0. The molecule has 0 aliphatic rings. The molecule has 0 aromatic carbocycles. The first-order valence-electron chi connectivity index (χ1n) is 8.72. The van der Waals surface area contributed by atoms with Crippen molar-refractivity contribution in [2.45, 2.75) is 52.1 Å². The predicted octanol–water partition coefficient (Wildman–Crippen LogP) is 1.75. The molecule has 26 heavy (non-hydrogen) atoms. The van der Waals surface area contributed by atoms with Gasteiger partial charge in [-0.1, -0.05) is 13.8 Å². The molecule has 3 N–H and O–H groups in total. The normalized spacial score (nSPS) is 12.1. The topological polar surface area (TPSA) is 127 Å². The first-order valence-corrected chi connectivity index (χ1v) is 8.72. The third-order valence-electron chi connectivity index (χ3n) is 3.99. The lowest BCUT2D eigenvalue weighted by molar-refractivity contribution is -0.120. The number of nitrogens with one attached hydrogen (secondary N) is 1. The molecule has 2 aromatic heterocycles. The van der Waals surface area contributed by atoms with E-state index in [2.05, 4.69) is 21.5 Å². The molecule has 0 saturated carbocycles. The van der Waals surface area contributed by atoms with E-state index < -0.39 is 17.9 Å². The van der Waals surface area contributed by atoms with Gasteiger partial charge in [0.15, 0.2) is 11.3 Å². The molecule has 2 amide bonds. The van der Waals surface area contributed by atoms with E-state index in [1.54, 1.807) is 23.0 Å². The smallest absolute Gasteiger partial charge is 0.273 e. The number of amides is 2. The third-order valence-corrected chi connectivity index (χ3v) is 3.99. The summed E-state index contributed by atoms with van der Waals surface area (Å²) < 4.78 is 1.67. The Morgan fingerprint density at radius 3 is 2.81 bits per heavy atom. The van der Waals surface area contributed by atoms with Crippen LogP contribution in [-0.2, 0) is 11.3 Å². The fourth-order valence-electron chi connectivity index (χ4n) is 2.74. The monoisotopic (exact) mass is 356 g/mol. The molecular weight excluding hydrogens is 332 g/mol. The Bertz CT molecular complexity index is 821. The molecule has 0 spiro atoms. The van der Waals surface area contributed by atoms with Crippen LogP contribution in [0.3, 0.4) is 0 Å². The number of rotatable bonds is 9. The fourth-order valence-corrected chi connectivity index (χ4v) is 2.74. The molecule has 8 heteroatoms. The average molecular weight is 356 g/mol. The van der Waals surface area contributed by atoms with Gasteiger partial charge in [0.1, 0.15) is 6.04 Å². The number of hydrogen-bond donors (Lipinski definition) is 2. The van der Waals surface area contributed by atoms with Crippen molar-refractivity contribution in [3.8, 4) is 6.07 Å². The fraction of sp³-hybridized carbons (Fsp3) is 0.500. The summed E-state index contributed by atoms with van der Waals surface area (Å²) in [4.78, 5) is 28.6. The Morgan fingerprint density at radius 1 is 1.38 bits per heavy atom. The van der Waals surface area contributed by atoms with Gasteiger partial charge < -0.3 is 11.1 Å². The Kier molecular flexibility index (Phi) is 6.67. The summed E-state index contributed by atoms with van der Waals surface area (Å²) in [5, 5.41) is 16.3. The maximum Gasteiger partial charge on any atom is 0.273 e. The molecule has 0 bridgehead atoms. The third kappa shape index (κ3) is 4.79. The minimum atomic E-state index is -0.741. The van der Waals surface area contributed by atoms with Crippen LogP contribution in [0, 0.1) is 17.2 Å². The minimum absolute atomic E-state index is 0.212. The van der Waals surface area contributed by atoms with E-state index in [9.17, 15) is 9.59 Å². The van der Waals surface area contributed by atoms with Crippen molar-refractivity contribution >= 4 is 22.8 Å². The quantitative estimate of drug-likeness (QED) is 0.662. The number of primary amides is 1. The Hall–Kier alpha value is -2.95. The Balaban J connectivity index is 2.23. The summed E-state index contributed by atoms with van der Waals surface area (Å²) in [5.41, 5.74) is 6.24. The van der Waals surface area contributed by atoms with Gasteiger partial charge in [-0.25, -0.2) is 9.67 Å². The van der Waals surface area contributed by atoms with Gasteiger partial charge in [0.05, 0.1) is 11.5 Å². The van der Waals surface area contributed by atoms with Crippen LogP contribution in [0.25, 0.3) is 11.0 Å². The van der Waals surface area contributed by atoms with Crippen molar-refractivity contribution in [2.75, 3.05) is 0 Å². The molecular formula is C18H24N6O2. The predicted molar refractivity (Wildman–Crippen MR) is 96.9 cm³/mol. The van der Waals surface area contributed by atoms with Gasteiger partial charge in [0.2, 0.25) is 5.91 Å². The van der Waals surface area contributed by atoms with Crippen LogP contribution in [0.15, 0.2) is 18.3 Å². The Morgan fingerprint density at radius 2 is 2.15 bits per heavy atom. The molecule has 8 nitrogen and oxygen atoms in total. The molecule has 2 aromatic rings. The first kappa shape index (κ1) is 19.4. The first-order chi connectivity index (χ1) is 12.4. The molecule has 0 aliphatic carbocycles. The summed E-state index contributed by atoms with van der Waals surface area (Å²) in [5.74, 6) is -0.794. The van der Waals surface area contributed by atoms with Gasteiger partial charge in [0, 0.05) is 19.2 Å². The number of nitrogens with zero attached hydrogens (tertiary/aromatic N) is 4. The van der Waals surface area contributed by atoms with Gasteiger partial charge in [-0.2, -0.15) is 10.4 Å². The number of hydrogen-bond acceptors (Lipinski definition) is 5. The van der Waals surface area contributed by atoms with E-state index in [4.69, 9.17) is 11.0 Å². The van der Waals surface area contributed by atoms with E-state index in [1.165, 1.54) is 0 Å². The van der Waals surface area contributed by atoms with E-state index in [0.717, 1.165) is 12.8 Å². The van der Waals surface area contributed by atoms with Crippen molar-refractivity contribution in [3.63, 3.8) is 0 Å². The zero-order valence-electron chi connectivity index (χ0n) is 15.1. The molecule has 0 fully saturated rings. The molecule has 2 rings (SSSR count). The SMILES string of the molecule is CC(C)CC(NC(=O)c1nn(CCCCC#N)c2ncccc12)C(N)=O. The van der Waals surface area contributed by atoms with Crippen LogP contribution >= 0.6 is 0 Å². The highest BCUT2D eigenvalue weighted by Crippen LogP contribution is 2.17. The van der Waals surface area contributed by atoms with Crippen molar-refractivity contribution < 1.29 is 9.59 Å². The molecule has 0 radical (unpaired) electrons. The molecule has 0 saturated heterocycles. The van der Waals surface area contributed by atoms with Crippen LogP contribution in [0.2, 0.25) is 0 Å². The van der Waals surface area contributed by atoms with E-state index in [0.29, 0.717) is 30.4 Å². The van der Waals surface area contributed by atoms with Crippen LogP contribution in [0.1, 0.15) is 50.0 Å². The standard InChI is InChI=1S/C18H24N6O2/c1-12(2)11-14(16(20)25)22-18(26)15-13-7-6-9-21-17(13)24(23-15)10-5-3-4-8-19/h6-7,9,12,14H,3-5,10-11H2,1-2H3,(H2,20,25)(H,22,26).